The molecular formula is C22H20ClF2N8O3+. The largest absolute Gasteiger partial charge is 0.359 e. The smallest absolute Gasteiger partial charge is 0.351 e. The molecule has 14 heteroatoms. The molecule has 0 unspecified atom stereocenters. The van der Waals surface area contributed by atoms with Crippen LogP contribution in [0, 0.1) is 0 Å². The number of hydrogen-bond donors (Lipinski definition) is 3. The number of carbonyl (C=O) groups excluding carboxylic acids is 1. The molecule has 3 heterocycles. The van der Waals surface area contributed by atoms with E-state index >= 15 is 0 Å². The molecule has 0 aliphatic carbocycles. The number of halogens is 3. The van der Waals surface area contributed by atoms with E-state index in [0.29, 0.717) is 21.0 Å². The maximum atomic E-state index is 14.5. The second-order valence-corrected chi connectivity index (χ2v) is 8.02. The van der Waals surface area contributed by atoms with Crippen molar-refractivity contribution in [2.45, 2.75) is 19.0 Å². The predicted octanol–water partition coefficient (Wildman–Crippen LogP) is 1.52. The predicted molar refractivity (Wildman–Crippen MR) is 123 cm³/mol. The first kappa shape index (κ1) is 24.7. The molecule has 0 atom stereocenters. The topological polar surface area (TPSA) is 131 Å². The van der Waals surface area contributed by atoms with Crippen LogP contribution in [0.4, 0.5) is 14.6 Å². The van der Waals surface area contributed by atoms with Crippen LogP contribution in [-0.2, 0) is 23.8 Å². The number of alkyl halides is 2. The molecule has 0 radical (unpaired) electrons. The maximum absolute atomic E-state index is 14.5. The lowest BCUT2D eigenvalue weighted by molar-refractivity contribution is -0.913. The minimum Gasteiger partial charge on any atom is -0.359 e. The van der Waals surface area contributed by atoms with Gasteiger partial charge in [-0.2, -0.15) is 13.9 Å². The molecule has 0 spiro atoms. The number of nitrogens with one attached hydrogen (secondary N) is 2. The minimum absolute atomic E-state index is 0.0873. The van der Waals surface area contributed by atoms with Gasteiger partial charge in [0.25, 0.3) is 5.56 Å². The van der Waals surface area contributed by atoms with Crippen LogP contribution in [0.2, 0.25) is 5.02 Å². The third-order valence-corrected chi connectivity index (χ3v) is 5.34. The first-order valence-electron chi connectivity index (χ1n) is 10.5. The Bertz CT molecular complexity index is 1430. The van der Waals surface area contributed by atoms with Crippen LogP contribution in [0.1, 0.15) is 11.3 Å². The average Bonchev–Trinajstić information content (AvgIpc) is 3.38. The monoisotopic (exact) mass is 517 g/mol. The number of carbonyl (C=O) groups is 1. The molecule has 0 aliphatic rings. The molecule has 1 amide bonds. The van der Waals surface area contributed by atoms with Crippen LogP contribution in [0.25, 0.3) is 5.69 Å². The Balaban J connectivity index is 1.42. The van der Waals surface area contributed by atoms with Crippen LogP contribution in [0.15, 0.2) is 72.4 Å². The molecule has 4 rings (SSSR count). The molecule has 0 aliphatic heterocycles. The van der Waals surface area contributed by atoms with Crippen molar-refractivity contribution in [2.75, 3.05) is 11.9 Å². The Kier molecular flexibility index (Phi) is 7.20. The number of anilines is 1. The van der Waals surface area contributed by atoms with Crippen molar-refractivity contribution in [3.05, 3.63) is 94.3 Å². The van der Waals surface area contributed by atoms with Gasteiger partial charge >= 0.3 is 11.6 Å². The van der Waals surface area contributed by atoms with E-state index in [1.165, 1.54) is 41.9 Å². The highest BCUT2D eigenvalue weighted by molar-refractivity contribution is 6.30. The average molecular weight is 518 g/mol. The molecule has 11 nitrogen and oxygen atoms in total. The van der Waals surface area contributed by atoms with Crippen molar-refractivity contribution < 1.29 is 23.5 Å². The van der Waals surface area contributed by atoms with E-state index in [0.717, 1.165) is 16.8 Å². The van der Waals surface area contributed by atoms with E-state index in [1.807, 2.05) is 0 Å². The number of hydrogen-bond acceptors (Lipinski definition) is 7. The van der Waals surface area contributed by atoms with Gasteiger partial charge in [0.15, 0.2) is 5.82 Å². The second-order valence-electron chi connectivity index (χ2n) is 7.59. The molecule has 3 N–H and O–H groups in total. The van der Waals surface area contributed by atoms with Crippen molar-refractivity contribution in [3.63, 3.8) is 0 Å². The number of amides is 1. The quantitative estimate of drug-likeness (QED) is 0.227. The highest BCUT2D eigenvalue weighted by Gasteiger charge is 2.41. The first-order valence-corrected chi connectivity index (χ1v) is 10.9. The fraction of sp³-hybridized carbons (Fsp3) is 0.182. The highest BCUT2D eigenvalue weighted by Crippen LogP contribution is 2.24. The van der Waals surface area contributed by atoms with E-state index in [-0.39, 0.29) is 18.9 Å². The van der Waals surface area contributed by atoms with Crippen LogP contribution in [0.5, 0.6) is 0 Å². The molecule has 36 heavy (non-hydrogen) atoms. The Morgan fingerprint density at radius 3 is 2.83 bits per heavy atom. The summed E-state index contributed by atoms with van der Waals surface area (Å²) in [7, 11) is 0. The SMILES string of the molecule is O=C(Cn1ccnc(NCC(F)(F)c2cccc[n+]2O)c1=O)NCc1cc(Cl)ccc1-n1cncn1. The van der Waals surface area contributed by atoms with E-state index in [4.69, 9.17) is 11.6 Å². The van der Waals surface area contributed by atoms with E-state index in [1.54, 1.807) is 18.2 Å². The number of benzene rings is 1. The maximum Gasteiger partial charge on any atom is 0.351 e. The lowest BCUT2D eigenvalue weighted by Gasteiger charge is -2.14. The summed E-state index contributed by atoms with van der Waals surface area (Å²) in [4.78, 5) is 32.9. The first-order chi connectivity index (χ1) is 17.2. The number of aromatic nitrogens is 6. The Labute approximate surface area is 207 Å². The Morgan fingerprint density at radius 1 is 1.25 bits per heavy atom. The van der Waals surface area contributed by atoms with E-state index < -0.39 is 29.6 Å². The zero-order chi connectivity index (χ0) is 25.7. The summed E-state index contributed by atoms with van der Waals surface area (Å²) in [5.74, 6) is -4.38. The van der Waals surface area contributed by atoms with Gasteiger partial charge in [-0.15, -0.1) is 0 Å². The summed E-state index contributed by atoms with van der Waals surface area (Å²) in [5, 5.41) is 19.2. The van der Waals surface area contributed by atoms with Gasteiger partial charge in [-0.3, -0.25) is 14.8 Å². The summed E-state index contributed by atoms with van der Waals surface area (Å²) in [5.41, 5.74) is -0.109. The molecule has 186 valence electrons. The molecule has 0 fully saturated rings. The summed E-state index contributed by atoms with van der Waals surface area (Å²) in [6.45, 7) is -1.29. The number of pyridine rings is 1. The summed E-state index contributed by atoms with van der Waals surface area (Å²) < 4.78 is 31.9. The van der Waals surface area contributed by atoms with Crippen LogP contribution < -0.4 is 20.9 Å². The highest BCUT2D eigenvalue weighted by atomic mass is 35.5. The second kappa shape index (κ2) is 10.5. The van der Waals surface area contributed by atoms with E-state index in [9.17, 15) is 23.6 Å². The van der Waals surface area contributed by atoms with Crippen molar-refractivity contribution in [3.8, 4) is 5.69 Å². The zero-order valence-corrected chi connectivity index (χ0v) is 19.3. The summed E-state index contributed by atoms with van der Waals surface area (Å²) in [6.07, 6.45) is 6.42. The number of rotatable bonds is 9. The van der Waals surface area contributed by atoms with Crippen molar-refractivity contribution in [2.24, 2.45) is 0 Å². The van der Waals surface area contributed by atoms with Crippen LogP contribution >= 0.6 is 11.6 Å². The zero-order valence-electron chi connectivity index (χ0n) is 18.6. The molecule has 0 bridgehead atoms. The summed E-state index contributed by atoms with van der Waals surface area (Å²) >= 11 is 6.09. The fourth-order valence-corrected chi connectivity index (χ4v) is 3.55. The van der Waals surface area contributed by atoms with Crippen molar-refractivity contribution in [1.29, 1.82) is 0 Å². The molecule has 0 saturated carbocycles. The standard InChI is InChI=1S/C22H19ClF2N8O3/c23-16-4-5-17(32-14-26-13-30-32)15(9-16)10-28-19(34)11-31-8-6-27-20(21(31)35)29-12-22(24,25)18-3-1-2-7-33(18)36/h1-9,13-14H,10-12H2,(H2-,27,28,29,34,36)/p+1. The van der Waals surface area contributed by atoms with Gasteiger partial charge in [-0.1, -0.05) is 11.6 Å². The molecule has 0 saturated heterocycles. The van der Waals surface area contributed by atoms with Gasteiger partial charge in [0, 0.05) is 40.8 Å². The van der Waals surface area contributed by atoms with Crippen LogP contribution in [0.3, 0.4) is 0 Å². The van der Waals surface area contributed by atoms with Gasteiger partial charge in [0.2, 0.25) is 12.1 Å². The molecule has 1 aromatic carbocycles. The lowest BCUT2D eigenvalue weighted by Crippen LogP contribution is -2.43. The van der Waals surface area contributed by atoms with Crippen molar-refractivity contribution in [1.82, 2.24) is 29.6 Å². The van der Waals surface area contributed by atoms with E-state index in [2.05, 4.69) is 25.7 Å². The van der Waals surface area contributed by atoms with Gasteiger partial charge in [-0.25, -0.2) is 14.6 Å². The van der Waals surface area contributed by atoms with Crippen molar-refractivity contribution >= 4 is 23.3 Å². The van der Waals surface area contributed by atoms with Gasteiger partial charge < -0.3 is 15.2 Å². The number of nitrogens with zero attached hydrogens (tertiary/aromatic N) is 6. The summed E-state index contributed by atoms with van der Waals surface area (Å²) in [6, 6.07) is 8.86. The molecule has 3 aromatic heterocycles. The Hall–Kier alpha value is -4.39. The third kappa shape index (κ3) is 5.63. The Morgan fingerprint density at radius 2 is 2.08 bits per heavy atom. The van der Waals surface area contributed by atoms with Gasteiger partial charge in [0.1, 0.15) is 19.2 Å². The third-order valence-electron chi connectivity index (χ3n) is 5.10. The lowest BCUT2D eigenvalue weighted by atomic mass is 10.1. The molecular weight excluding hydrogens is 498 g/mol. The fourth-order valence-electron chi connectivity index (χ4n) is 3.36. The normalized spacial score (nSPS) is 11.3. The van der Waals surface area contributed by atoms with Crippen LogP contribution in [-0.4, -0.2) is 42.0 Å². The van der Waals surface area contributed by atoms with Gasteiger partial charge in [-0.05, 0) is 29.8 Å². The minimum atomic E-state index is -3.51. The van der Waals surface area contributed by atoms with Gasteiger partial charge in [0.05, 0.1) is 12.2 Å². The molecule has 4 aromatic rings.